The van der Waals surface area contributed by atoms with Crippen LogP contribution in [-0.2, 0) is 4.43 Å². The SMILES string of the molecule is C=C(C[C@@H](O)C(C)C)[C@@H](CO[Si](C)(C)C(C)(C)C)c1ccccc1. The quantitative estimate of drug-likeness (QED) is 0.478. The minimum atomic E-state index is -1.81. The van der Waals surface area contributed by atoms with Gasteiger partial charge in [0.25, 0.3) is 0 Å². The molecule has 0 fully saturated rings. The molecule has 1 N–H and O–H groups in total. The van der Waals surface area contributed by atoms with Crippen LogP contribution in [0, 0.1) is 5.92 Å². The molecule has 2 atom stereocenters. The van der Waals surface area contributed by atoms with Gasteiger partial charge in [-0.25, -0.2) is 0 Å². The monoisotopic (exact) mass is 348 g/mol. The van der Waals surface area contributed by atoms with Crippen LogP contribution in [0.5, 0.6) is 0 Å². The summed E-state index contributed by atoms with van der Waals surface area (Å²) in [6, 6.07) is 10.4. The third kappa shape index (κ3) is 5.87. The van der Waals surface area contributed by atoms with Gasteiger partial charge >= 0.3 is 0 Å². The van der Waals surface area contributed by atoms with Gasteiger partial charge in [0.05, 0.1) is 6.10 Å². The van der Waals surface area contributed by atoms with Gasteiger partial charge in [0.15, 0.2) is 8.32 Å². The molecule has 0 amide bonds. The highest BCUT2D eigenvalue weighted by Crippen LogP contribution is 2.38. The van der Waals surface area contributed by atoms with E-state index >= 15 is 0 Å². The Labute approximate surface area is 150 Å². The van der Waals surface area contributed by atoms with Crippen molar-refractivity contribution in [2.75, 3.05) is 6.61 Å². The maximum Gasteiger partial charge on any atom is 0.192 e. The van der Waals surface area contributed by atoms with Gasteiger partial charge < -0.3 is 9.53 Å². The van der Waals surface area contributed by atoms with E-state index in [-0.39, 0.29) is 23.0 Å². The van der Waals surface area contributed by atoms with Gasteiger partial charge in [-0.3, -0.25) is 0 Å². The number of benzene rings is 1. The van der Waals surface area contributed by atoms with Crippen LogP contribution >= 0.6 is 0 Å². The van der Waals surface area contributed by atoms with Gasteiger partial charge in [-0.1, -0.05) is 77.1 Å². The van der Waals surface area contributed by atoms with Crippen molar-refractivity contribution in [3.05, 3.63) is 48.0 Å². The van der Waals surface area contributed by atoms with Crippen LogP contribution in [0.15, 0.2) is 42.5 Å². The van der Waals surface area contributed by atoms with Crippen LogP contribution in [0.3, 0.4) is 0 Å². The zero-order chi connectivity index (χ0) is 18.5. The van der Waals surface area contributed by atoms with Gasteiger partial charge in [0.1, 0.15) is 0 Å². The lowest BCUT2D eigenvalue weighted by Gasteiger charge is -2.37. The molecule has 1 rings (SSSR count). The topological polar surface area (TPSA) is 29.5 Å². The smallest absolute Gasteiger partial charge is 0.192 e. The van der Waals surface area contributed by atoms with Crippen molar-refractivity contribution in [3.8, 4) is 0 Å². The Morgan fingerprint density at radius 2 is 1.71 bits per heavy atom. The highest BCUT2D eigenvalue weighted by atomic mass is 28.4. The molecule has 0 aliphatic rings. The molecule has 0 aliphatic carbocycles. The minimum Gasteiger partial charge on any atom is -0.416 e. The predicted octanol–water partition coefficient (Wildman–Crippen LogP) is 5.76. The molecule has 0 aromatic heterocycles. The third-order valence-electron chi connectivity index (χ3n) is 5.35. The van der Waals surface area contributed by atoms with Gasteiger partial charge in [0, 0.05) is 12.5 Å². The second kappa shape index (κ2) is 8.46. The summed E-state index contributed by atoms with van der Waals surface area (Å²) in [5.74, 6) is 0.369. The van der Waals surface area contributed by atoms with Crippen LogP contribution in [-0.4, -0.2) is 26.1 Å². The van der Waals surface area contributed by atoms with Crippen molar-refractivity contribution in [1.29, 1.82) is 0 Å². The Hall–Kier alpha value is -0.903. The van der Waals surface area contributed by atoms with E-state index in [9.17, 15) is 5.11 Å². The molecule has 0 spiro atoms. The second-order valence-corrected chi connectivity index (χ2v) is 13.5. The molecular formula is C21H36O2Si. The molecule has 0 bridgehead atoms. The van der Waals surface area contributed by atoms with Gasteiger partial charge in [-0.15, -0.1) is 0 Å². The largest absolute Gasteiger partial charge is 0.416 e. The number of hydrogen-bond acceptors (Lipinski definition) is 2. The average molecular weight is 349 g/mol. The second-order valence-electron chi connectivity index (χ2n) is 8.71. The zero-order valence-corrected chi connectivity index (χ0v) is 17.6. The van der Waals surface area contributed by atoms with E-state index in [0.29, 0.717) is 13.0 Å². The van der Waals surface area contributed by atoms with E-state index in [4.69, 9.17) is 4.43 Å². The van der Waals surface area contributed by atoms with Gasteiger partial charge in [0.2, 0.25) is 0 Å². The van der Waals surface area contributed by atoms with Crippen molar-refractivity contribution < 1.29 is 9.53 Å². The first-order chi connectivity index (χ1) is 11.0. The normalized spacial score (nSPS) is 15.4. The van der Waals surface area contributed by atoms with Crippen molar-refractivity contribution >= 4 is 8.32 Å². The molecule has 0 unspecified atom stereocenters. The van der Waals surface area contributed by atoms with Crippen LogP contribution in [0.25, 0.3) is 0 Å². The van der Waals surface area contributed by atoms with E-state index in [2.05, 4.69) is 64.7 Å². The fourth-order valence-corrected chi connectivity index (χ4v) is 3.31. The Bertz CT molecular complexity index is 514. The molecule has 24 heavy (non-hydrogen) atoms. The lowest BCUT2D eigenvalue weighted by molar-refractivity contribution is 0.123. The van der Waals surface area contributed by atoms with Crippen molar-refractivity contribution in [3.63, 3.8) is 0 Å². The van der Waals surface area contributed by atoms with E-state index in [1.54, 1.807) is 0 Å². The summed E-state index contributed by atoms with van der Waals surface area (Å²) in [6.07, 6.45) is 0.273. The number of aliphatic hydroxyl groups is 1. The molecule has 0 aliphatic heterocycles. The minimum absolute atomic E-state index is 0.133. The van der Waals surface area contributed by atoms with Crippen LogP contribution in [0.4, 0.5) is 0 Å². The molecule has 0 radical (unpaired) electrons. The fraction of sp³-hybridized carbons (Fsp3) is 0.619. The Kier molecular flexibility index (Phi) is 7.45. The van der Waals surface area contributed by atoms with Gasteiger partial charge in [-0.2, -0.15) is 0 Å². The molecule has 0 heterocycles. The molecule has 1 aromatic rings. The molecule has 0 saturated carbocycles. The Balaban J connectivity index is 2.93. The van der Waals surface area contributed by atoms with Crippen LogP contribution in [0.1, 0.15) is 52.5 Å². The standard InChI is InChI=1S/C21H36O2Si/c1-16(2)20(22)14-17(3)19(18-12-10-9-11-13-18)15-23-24(7,8)21(4,5)6/h9-13,16,19-20,22H,3,14-15H2,1-2,4-8H3/t19-,20-/m1/s1. The fourth-order valence-electron chi connectivity index (χ4n) is 2.29. The van der Waals surface area contributed by atoms with E-state index in [1.807, 2.05) is 19.9 Å². The average Bonchev–Trinajstić information content (AvgIpc) is 2.47. The van der Waals surface area contributed by atoms with Crippen LogP contribution < -0.4 is 0 Å². The lowest BCUT2D eigenvalue weighted by Crippen LogP contribution is -2.42. The summed E-state index contributed by atoms with van der Waals surface area (Å²) in [4.78, 5) is 0. The first-order valence-corrected chi connectivity index (χ1v) is 11.9. The maximum absolute atomic E-state index is 10.3. The number of aliphatic hydroxyl groups excluding tert-OH is 1. The molecular weight excluding hydrogens is 312 g/mol. The summed E-state index contributed by atoms with van der Waals surface area (Å²) in [6.45, 7) is 20.4. The Morgan fingerprint density at radius 3 is 2.17 bits per heavy atom. The van der Waals surface area contributed by atoms with E-state index in [0.717, 1.165) is 5.57 Å². The highest BCUT2D eigenvalue weighted by Gasteiger charge is 2.38. The number of hydrogen-bond donors (Lipinski definition) is 1. The first kappa shape index (κ1) is 21.1. The van der Waals surface area contributed by atoms with Gasteiger partial charge in [-0.05, 0) is 36.0 Å². The molecule has 0 saturated heterocycles. The van der Waals surface area contributed by atoms with Crippen LogP contribution in [0.2, 0.25) is 18.1 Å². The first-order valence-electron chi connectivity index (χ1n) is 9.00. The summed E-state index contributed by atoms with van der Waals surface area (Å²) >= 11 is 0. The Morgan fingerprint density at radius 1 is 1.17 bits per heavy atom. The van der Waals surface area contributed by atoms with E-state index in [1.165, 1.54) is 5.56 Å². The molecule has 136 valence electrons. The molecule has 2 nitrogen and oxygen atoms in total. The summed E-state index contributed by atoms with van der Waals surface area (Å²) in [7, 11) is -1.81. The lowest BCUT2D eigenvalue weighted by atomic mass is 9.87. The molecule has 3 heteroatoms. The third-order valence-corrected chi connectivity index (χ3v) is 9.85. The number of rotatable bonds is 8. The molecule has 1 aromatic carbocycles. The zero-order valence-electron chi connectivity index (χ0n) is 16.6. The van der Waals surface area contributed by atoms with Crippen molar-refractivity contribution in [2.45, 2.75) is 71.2 Å². The van der Waals surface area contributed by atoms with Crippen molar-refractivity contribution in [1.82, 2.24) is 0 Å². The predicted molar refractivity (Wildman–Crippen MR) is 107 cm³/mol. The van der Waals surface area contributed by atoms with E-state index < -0.39 is 8.32 Å². The summed E-state index contributed by atoms with van der Waals surface area (Å²) in [5, 5.41) is 10.4. The maximum atomic E-state index is 10.3. The van der Waals surface area contributed by atoms with Crippen molar-refractivity contribution in [2.24, 2.45) is 5.92 Å². The highest BCUT2D eigenvalue weighted by molar-refractivity contribution is 6.74. The summed E-state index contributed by atoms with van der Waals surface area (Å²) < 4.78 is 6.47. The summed E-state index contributed by atoms with van der Waals surface area (Å²) in [5.41, 5.74) is 2.28.